The molecule has 0 unspecified atom stereocenters. The van der Waals surface area contributed by atoms with Crippen LogP contribution in [0.4, 0.5) is 0 Å². The zero-order chi connectivity index (χ0) is 56.3. The minimum atomic E-state index is -2.44. The average Bonchev–Trinajstić information content (AvgIpc) is 3.97. The number of hydrogen-bond acceptors (Lipinski definition) is 6. The summed E-state index contributed by atoms with van der Waals surface area (Å²) >= 11 is 0. The second kappa shape index (κ2) is 29.4. The molecule has 0 spiro atoms. The van der Waals surface area contributed by atoms with Gasteiger partial charge in [0.2, 0.25) is 0 Å². The molecule has 6 aromatic carbocycles. The predicted octanol–water partition coefficient (Wildman–Crippen LogP) is 11.2. The second-order valence-corrected chi connectivity index (χ2v) is 29.8. The summed E-state index contributed by atoms with van der Waals surface area (Å²) < 4.78 is 52.0. The Kier molecular flexibility index (Phi) is 25.9. The zero-order valence-electron chi connectivity index (χ0n) is 47.7. The van der Waals surface area contributed by atoms with Crippen molar-refractivity contribution >= 4 is 22.8 Å². The van der Waals surface area contributed by atoms with Crippen LogP contribution in [-0.2, 0) is 13.7 Å². The fourth-order valence-corrected chi connectivity index (χ4v) is 15.6. The molecule has 0 aromatic heterocycles. The second-order valence-electron chi connectivity index (χ2n) is 19.5. The number of benzene rings is 6. The molecule has 0 aliphatic heterocycles. The van der Waals surface area contributed by atoms with E-state index in [4.69, 9.17) is 0 Å². The number of rotatable bonds is 9. The number of aliphatic hydroxyl groups is 3. The summed E-state index contributed by atoms with van der Waals surface area (Å²) in [5.41, 5.74) is 12.4. The van der Waals surface area contributed by atoms with E-state index in [1.807, 2.05) is 272 Å². The molecule has 3 N–H and O–H groups in total. The van der Waals surface area contributed by atoms with Crippen molar-refractivity contribution in [3.05, 3.63) is 197 Å². The van der Waals surface area contributed by atoms with Gasteiger partial charge in [-0.1, -0.05) is 146 Å². The van der Waals surface area contributed by atoms with Crippen LogP contribution < -0.4 is 0 Å². The predicted molar refractivity (Wildman–Crippen MR) is 312 cm³/mol. The molecule has 0 saturated carbocycles. The largest absolute Gasteiger partial charge is 0.377 e. The first-order valence-electron chi connectivity index (χ1n) is 24.3. The van der Waals surface area contributed by atoms with Crippen molar-refractivity contribution < 1.29 is 69.4 Å². The first-order valence-corrected chi connectivity index (χ1v) is 29.0. The molecule has 3 aliphatic rings. The summed E-state index contributed by atoms with van der Waals surface area (Å²) in [5.74, 6) is 0. The average molecular weight is 1230 g/mol. The number of nitrogens with zero attached hydrogens (tertiary/aromatic N) is 9. The molecule has 0 atom stereocenters. The standard InChI is InChI=1S/3C13H9O.3C6H18N3OP.Sm/c3*14-13-11-7-3-1-5-9(11)10-6-2-4-8-12(10)13;3*1-7(2)11(10,8(3)4)9(5)6;/h3*1-8,14H;3*1-6H3;. The van der Waals surface area contributed by atoms with Gasteiger partial charge >= 0.3 is 0 Å². The van der Waals surface area contributed by atoms with Crippen LogP contribution in [0, 0.1) is 58.7 Å². The van der Waals surface area contributed by atoms with Gasteiger partial charge in [0.25, 0.3) is 22.8 Å². The minimum Gasteiger partial charge on any atom is -0.377 e. The smallest absolute Gasteiger partial charge is 0.285 e. The third-order valence-electron chi connectivity index (χ3n) is 12.7. The van der Waals surface area contributed by atoms with Gasteiger partial charge in [-0.3, -0.25) is 13.7 Å². The van der Waals surface area contributed by atoms with Gasteiger partial charge in [0.05, 0.1) is 0 Å². The Bertz CT molecular complexity index is 2420. The van der Waals surface area contributed by atoms with Gasteiger partial charge in [-0.2, -0.15) is 0 Å². The summed E-state index contributed by atoms with van der Waals surface area (Å²) in [4.78, 5) is 0. The SMILES string of the molecule is CN(C)P(=O)(N(C)C)N(C)C.CN(C)P(=O)(N(C)C)N(C)C.CN(C)P(=O)(N(C)C)N(C)C.O[C]1c2ccccc2-c2ccccc21.O[C]1c2ccccc2-c2ccccc21.O[C]1c2ccccc2-c2ccccc21.[Sm]. The van der Waals surface area contributed by atoms with E-state index in [0.29, 0.717) is 18.3 Å². The monoisotopic (exact) mass is 1230 g/mol. The summed E-state index contributed by atoms with van der Waals surface area (Å²) in [6, 6.07) is 47.6. The van der Waals surface area contributed by atoms with Crippen molar-refractivity contribution in [2.75, 3.05) is 127 Å². The summed E-state index contributed by atoms with van der Waals surface area (Å²) in [6.45, 7) is 0. The van der Waals surface area contributed by atoms with E-state index in [2.05, 4.69) is 0 Å². The van der Waals surface area contributed by atoms with E-state index < -0.39 is 22.8 Å². The molecule has 3 aliphatic carbocycles. The molecular formula is C57H81N9O6P3Sm. The molecule has 15 nitrogen and oxygen atoms in total. The van der Waals surface area contributed by atoms with Crippen molar-refractivity contribution in [2.24, 2.45) is 0 Å². The molecule has 0 heterocycles. The van der Waals surface area contributed by atoms with Gasteiger partial charge in [-0.05, 0) is 194 Å². The molecule has 6 aromatic rings. The van der Waals surface area contributed by atoms with Gasteiger partial charge < -0.3 is 15.3 Å². The van der Waals surface area contributed by atoms with Gasteiger partial charge in [0.1, 0.15) is 0 Å². The van der Waals surface area contributed by atoms with E-state index in [1.54, 1.807) is 42.0 Å². The Morgan fingerprint density at radius 1 is 0.224 bits per heavy atom. The molecule has 0 fully saturated rings. The quantitative estimate of drug-likeness (QED) is 0.118. The first-order chi connectivity index (χ1) is 35.1. The third kappa shape index (κ3) is 14.8. The molecule has 76 heavy (non-hydrogen) atoms. The van der Waals surface area contributed by atoms with E-state index in [1.165, 1.54) is 0 Å². The van der Waals surface area contributed by atoms with Gasteiger partial charge in [-0.15, -0.1) is 0 Å². The van der Waals surface area contributed by atoms with Crippen LogP contribution in [0.3, 0.4) is 0 Å². The Hall–Kier alpha value is -3.13. The normalized spacial score (nSPS) is 13.5. The van der Waals surface area contributed by atoms with Crippen LogP contribution in [0.15, 0.2) is 146 Å². The van der Waals surface area contributed by atoms with Crippen molar-refractivity contribution in [1.82, 2.24) is 42.0 Å². The van der Waals surface area contributed by atoms with Crippen LogP contribution in [0.25, 0.3) is 33.4 Å². The Morgan fingerprint density at radius 3 is 0.395 bits per heavy atom. The van der Waals surface area contributed by atoms with Crippen LogP contribution >= 0.6 is 22.8 Å². The van der Waals surface area contributed by atoms with Gasteiger partial charge in [0, 0.05) is 40.4 Å². The fraction of sp³-hybridized carbons (Fsp3) is 0.316. The van der Waals surface area contributed by atoms with Gasteiger partial charge in [0.15, 0.2) is 18.3 Å². The molecule has 3 radical (unpaired) electrons. The molecule has 0 bridgehead atoms. The minimum absolute atomic E-state index is 0. The third-order valence-corrected chi connectivity index (χ3v) is 22.0. The summed E-state index contributed by atoms with van der Waals surface area (Å²) in [6.07, 6.45) is 1.20. The zero-order valence-corrected chi connectivity index (χ0v) is 53.0. The molecule has 0 amide bonds. The Balaban J connectivity index is 0.000000241. The Labute approximate surface area is 488 Å². The maximum atomic E-state index is 12.1. The Morgan fingerprint density at radius 2 is 0.316 bits per heavy atom. The molecule has 19 heteroatoms. The summed E-state index contributed by atoms with van der Waals surface area (Å²) in [7, 11) is 25.5. The number of fused-ring (bicyclic) bond motifs is 9. The van der Waals surface area contributed by atoms with Crippen LogP contribution in [0.5, 0.6) is 0 Å². The fourth-order valence-electron chi connectivity index (χ4n) is 9.20. The maximum Gasteiger partial charge on any atom is 0.285 e. The van der Waals surface area contributed by atoms with Crippen LogP contribution in [0.2, 0.25) is 0 Å². The molecule has 411 valence electrons. The van der Waals surface area contributed by atoms with E-state index >= 15 is 0 Å². The summed E-state index contributed by atoms with van der Waals surface area (Å²) in [5, 5.41) is 29.9. The van der Waals surface area contributed by atoms with Crippen LogP contribution in [0.1, 0.15) is 33.4 Å². The molecular weight excluding hydrogens is 1150 g/mol. The molecule has 0 saturated heterocycles. The first kappa shape index (κ1) is 67.1. The van der Waals surface area contributed by atoms with Crippen molar-refractivity contribution in [2.45, 2.75) is 0 Å². The molecule has 9 rings (SSSR count). The van der Waals surface area contributed by atoms with E-state index in [9.17, 15) is 29.0 Å². The van der Waals surface area contributed by atoms with Crippen molar-refractivity contribution in [3.8, 4) is 33.4 Å². The van der Waals surface area contributed by atoms with E-state index in [-0.39, 0.29) is 40.4 Å². The van der Waals surface area contributed by atoms with Crippen LogP contribution in [-0.4, -0.2) is 184 Å². The number of aliphatic hydroxyl groups excluding tert-OH is 3. The van der Waals surface area contributed by atoms with Crippen molar-refractivity contribution in [3.63, 3.8) is 0 Å². The van der Waals surface area contributed by atoms with E-state index in [0.717, 1.165) is 66.8 Å². The topological polar surface area (TPSA) is 141 Å². The van der Waals surface area contributed by atoms with Gasteiger partial charge in [-0.25, -0.2) is 42.0 Å². The number of hydrogen-bond donors (Lipinski definition) is 3. The maximum absolute atomic E-state index is 12.1. The van der Waals surface area contributed by atoms with Crippen molar-refractivity contribution in [1.29, 1.82) is 0 Å².